The van der Waals surface area contributed by atoms with Gasteiger partial charge in [0.25, 0.3) is 0 Å². The highest BCUT2D eigenvalue weighted by molar-refractivity contribution is 6.74. The third-order valence-electron chi connectivity index (χ3n) is 7.72. The Labute approximate surface area is 209 Å². The van der Waals surface area contributed by atoms with Gasteiger partial charge in [-0.3, -0.25) is 4.68 Å². The lowest BCUT2D eigenvalue weighted by atomic mass is 9.83. The molecule has 7 nitrogen and oxygen atoms in total. The Bertz CT molecular complexity index is 1300. The van der Waals surface area contributed by atoms with E-state index >= 15 is 0 Å². The fourth-order valence-electron chi connectivity index (χ4n) is 4.39. The van der Waals surface area contributed by atoms with Crippen LogP contribution in [0, 0.1) is 18.3 Å². The van der Waals surface area contributed by atoms with E-state index in [-0.39, 0.29) is 10.5 Å². The highest BCUT2D eigenvalue weighted by Gasteiger charge is 2.42. The van der Waals surface area contributed by atoms with Crippen molar-refractivity contribution in [2.45, 2.75) is 71.0 Å². The molecule has 0 saturated heterocycles. The number of aryl methyl sites for hydroxylation is 2. The summed E-state index contributed by atoms with van der Waals surface area (Å²) >= 11 is 0. The van der Waals surface area contributed by atoms with Crippen molar-refractivity contribution >= 4 is 20.0 Å². The summed E-state index contributed by atoms with van der Waals surface area (Å²) in [5.41, 5.74) is 6.40. The number of hydrogen-bond donors (Lipinski definition) is 1. The zero-order chi connectivity index (χ0) is 25.6. The van der Waals surface area contributed by atoms with Crippen LogP contribution in [-0.4, -0.2) is 34.7 Å². The van der Waals surface area contributed by atoms with Gasteiger partial charge in [0, 0.05) is 37.0 Å². The van der Waals surface area contributed by atoms with E-state index in [9.17, 15) is 5.26 Å². The Morgan fingerprint density at radius 1 is 1.29 bits per heavy atom. The van der Waals surface area contributed by atoms with Gasteiger partial charge in [-0.15, -0.1) is 0 Å². The van der Waals surface area contributed by atoms with Crippen molar-refractivity contribution in [1.82, 2.24) is 19.7 Å². The minimum absolute atomic E-state index is 0.132. The Hall–Kier alpha value is -3.02. The van der Waals surface area contributed by atoms with Crippen LogP contribution < -0.4 is 5.32 Å². The largest absolute Gasteiger partial charge is 0.416 e. The van der Waals surface area contributed by atoms with E-state index in [2.05, 4.69) is 68.3 Å². The summed E-state index contributed by atoms with van der Waals surface area (Å²) in [5, 5.41) is 17.8. The molecule has 0 bridgehead atoms. The zero-order valence-electron chi connectivity index (χ0n) is 22.2. The van der Waals surface area contributed by atoms with Crippen molar-refractivity contribution in [3.63, 3.8) is 0 Å². The maximum Gasteiger partial charge on any atom is 0.227 e. The molecule has 0 spiro atoms. The number of hydrogen-bond acceptors (Lipinski definition) is 6. The molecule has 1 unspecified atom stereocenters. The Kier molecular flexibility index (Phi) is 6.37. The summed E-state index contributed by atoms with van der Waals surface area (Å²) in [6, 6.07) is 8.49. The van der Waals surface area contributed by atoms with Crippen LogP contribution in [0.25, 0.3) is 11.3 Å². The van der Waals surface area contributed by atoms with Gasteiger partial charge in [0.05, 0.1) is 28.7 Å². The molecule has 1 N–H and O–H groups in total. The van der Waals surface area contributed by atoms with Crippen molar-refractivity contribution in [3.05, 3.63) is 53.0 Å². The molecule has 2 aromatic heterocycles. The number of benzene rings is 1. The van der Waals surface area contributed by atoms with Gasteiger partial charge in [0.2, 0.25) is 5.95 Å². The van der Waals surface area contributed by atoms with Crippen LogP contribution in [0.3, 0.4) is 0 Å². The van der Waals surface area contributed by atoms with Crippen molar-refractivity contribution in [2.24, 2.45) is 7.05 Å². The lowest BCUT2D eigenvalue weighted by Gasteiger charge is -2.39. The molecular formula is C27H36N6OSi. The molecule has 2 heterocycles. The smallest absolute Gasteiger partial charge is 0.227 e. The van der Waals surface area contributed by atoms with E-state index in [4.69, 9.17) is 9.41 Å². The molecule has 0 fully saturated rings. The van der Waals surface area contributed by atoms with Crippen LogP contribution in [0.4, 0.5) is 11.6 Å². The Balaban J connectivity index is 1.68. The number of fused-ring (bicyclic) bond motifs is 1. The number of aromatic nitrogens is 4. The molecule has 4 rings (SSSR count). The summed E-state index contributed by atoms with van der Waals surface area (Å²) in [7, 11) is -0.00428. The predicted octanol–water partition coefficient (Wildman–Crippen LogP) is 6.03. The van der Waals surface area contributed by atoms with E-state index in [1.807, 2.05) is 32.3 Å². The number of nitriles is 1. The third-order valence-corrected chi connectivity index (χ3v) is 12.2. The summed E-state index contributed by atoms with van der Waals surface area (Å²) < 4.78 is 8.43. The van der Waals surface area contributed by atoms with E-state index in [1.165, 1.54) is 5.56 Å². The lowest BCUT2D eigenvalue weighted by Crippen LogP contribution is -2.44. The molecule has 184 valence electrons. The summed E-state index contributed by atoms with van der Waals surface area (Å²) in [6.45, 7) is 16.3. The molecule has 0 aliphatic heterocycles. The zero-order valence-corrected chi connectivity index (χ0v) is 23.2. The van der Waals surface area contributed by atoms with Gasteiger partial charge < -0.3 is 9.74 Å². The molecular weight excluding hydrogens is 452 g/mol. The molecule has 3 aromatic rings. The van der Waals surface area contributed by atoms with Crippen LogP contribution in [0.5, 0.6) is 0 Å². The highest BCUT2D eigenvalue weighted by Crippen LogP contribution is 2.44. The van der Waals surface area contributed by atoms with Crippen LogP contribution >= 0.6 is 0 Å². The molecule has 1 aliphatic carbocycles. The van der Waals surface area contributed by atoms with E-state index in [1.54, 1.807) is 10.9 Å². The fourth-order valence-corrected chi connectivity index (χ4v) is 5.50. The predicted molar refractivity (Wildman–Crippen MR) is 142 cm³/mol. The first-order chi connectivity index (χ1) is 16.3. The van der Waals surface area contributed by atoms with Crippen LogP contribution in [0.15, 0.2) is 30.6 Å². The van der Waals surface area contributed by atoms with Crippen molar-refractivity contribution in [3.8, 4) is 17.3 Å². The van der Waals surface area contributed by atoms with Crippen LogP contribution in [0.2, 0.25) is 18.1 Å². The second kappa shape index (κ2) is 8.88. The molecule has 0 amide bonds. The second-order valence-corrected chi connectivity index (χ2v) is 16.3. The summed E-state index contributed by atoms with van der Waals surface area (Å²) in [5.74, 6) is 0.502. The molecule has 1 aliphatic rings. The van der Waals surface area contributed by atoms with Gasteiger partial charge in [0.1, 0.15) is 0 Å². The average Bonchev–Trinajstić information content (AvgIpc) is 3.29. The number of anilines is 2. The molecule has 1 atom stereocenters. The van der Waals surface area contributed by atoms with E-state index < -0.39 is 8.32 Å². The second-order valence-electron chi connectivity index (χ2n) is 11.5. The molecule has 0 saturated carbocycles. The minimum atomic E-state index is -1.89. The van der Waals surface area contributed by atoms with Crippen molar-refractivity contribution in [1.29, 1.82) is 5.26 Å². The molecule has 1 aromatic carbocycles. The molecule has 35 heavy (non-hydrogen) atoms. The fraction of sp³-hybridized carbons (Fsp3) is 0.481. The SMILES string of the molecule is Cc1nn(C)cc1Nc1nccc(-c2cc(C#N)c3c(c2)C(C)(CO[Si](C)(C)C(C)(C)C)CC3)n1. The standard InChI is InChI=1S/C27H36N6OSi/c1-18-24(16-33(6)32-18)31-25-29-12-10-23(30-25)19-13-20(15-28)21-9-11-27(5,22(21)14-19)17-34-35(7,8)26(2,3)4/h10,12-14,16H,9,11,17H2,1-8H3,(H,29,30,31). The highest BCUT2D eigenvalue weighted by atomic mass is 28.4. The monoisotopic (exact) mass is 488 g/mol. The topological polar surface area (TPSA) is 88.7 Å². The average molecular weight is 489 g/mol. The summed E-state index contributed by atoms with van der Waals surface area (Å²) in [6.07, 6.45) is 5.52. The number of nitrogens with one attached hydrogen (secondary N) is 1. The maximum atomic E-state index is 9.96. The maximum absolute atomic E-state index is 9.96. The number of rotatable bonds is 6. The van der Waals surface area contributed by atoms with Crippen LogP contribution in [-0.2, 0) is 23.3 Å². The minimum Gasteiger partial charge on any atom is -0.416 e. The van der Waals surface area contributed by atoms with Gasteiger partial charge >= 0.3 is 0 Å². The van der Waals surface area contributed by atoms with Gasteiger partial charge in [-0.05, 0) is 67.2 Å². The quantitative estimate of drug-likeness (QED) is 0.426. The number of nitrogens with zero attached hydrogens (tertiary/aromatic N) is 5. The normalized spacial score (nSPS) is 17.8. The first kappa shape index (κ1) is 25.1. The van der Waals surface area contributed by atoms with Crippen molar-refractivity contribution in [2.75, 3.05) is 11.9 Å². The summed E-state index contributed by atoms with van der Waals surface area (Å²) in [4.78, 5) is 9.16. The Morgan fingerprint density at radius 3 is 2.66 bits per heavy atom. The van der Waals surface area contributed by atoms with Gasteiger partial charge in [-0.2, -0.15) is 10.4 Å². The van der Waals surface area contributed by atoms with Gasteiger partial charge in [0.15, 0.2) is 8.32 Å². The first-order valence-corrected chi connectivity index (χ1v) is 15.1. The molecule has 0 radical (unpaired) electrons. The van der Waals surface area contributed by atoms with Crippen LogP contribution in [0.1, 0.15) is 56.5 Å². The van der Waals surface area contributed by atoms with E-state index in [0.29, 0.717) is 12.6 Å². The molecule has 8 heteroatoms. The Morgan fingerprint density at radius 2 is 2.03 bits per heavy atom. The van der Waals surface area contributed by atoms with Gasteiger partial charge in [-0.25, -0.2) is 9.97 Å². The van der Waals surface area contributed by atoms with Crippen molar-refractivity contribution < 1.29 is 4.43 Å². The van der Waals surface area contributed by atoms with Gasteiger partial charge in [-0.1, -0.05) is 27.7 Å². The first-order valence-electron chi connectivity index (χ1n) is 12.2. The van der Waals surface area contributed by atoms with E-state index in [0.717, 1.165) is 46.6 Å². The lowest BCUT2D eigenvalue weighted by molar-refractivity contribution is 0.208. The third kappa shape index (κ3) is 4.88.